The van der Waals surface area contributed by atoms with Crippen molar-refractivity contribution >= 4 is 15.7 Å². The van der Waals surface area contributed by atoms with Crippen LogP contribution in [0.3, 0.4) is 0 Å². The van der Waals surface area contributed by atoms with Crippen LogP contribution in [-0.2, 0) is 16.0 Å². The van der Waals surface area contributed by atoms with Gasteiger partial charge >= 0.3 is 6.18 Å². The number of amides is 1. The van der Waals surface area contributed by atoms with Crippen LogP contribution in [0.4, 0.5) is 13.2 Å². The predicted octanol–water partition coefficient (Wildman–Crippen LogP) is 2.12. The molecular formula is C16H16F3N3O3S. The van der Waals surface area contributed by atoms with Gasteiger partial charge in [-0.15, -0.1) is 0 Å². The standard InChI is InChI=1S/C16H16F3N3O3S/c1-10-12(15(23)21-11-6-7-26(24,25)9-11)8-20-22(10)14-5-3-2-4-13(14)16(17,18)19/h2-5,8,11H,6-7,9H2,1H3,(H,21,23)/t11-/m0/s1. The summed E-state index contributed by atoms with van der Waals surface area (Å²) in [5, 5.41) is 6.53. The van der Waals surface area contributed by atoms with Crippen molar-refractivity contribution in [3.05, 3.63) is 47.3 Å². The van der Waals surface area contributed by atoms with Crippen LogP contribution in [-0.4, -0.2) is 41.7 Å². The molecule has 6 nitrogen and oxygen atoms in total. The smallest absolute Gasteiger partial charge is 0.348 e. The number of carbonyl (C=O) groups is 1. The lowest BCUT2D eigenvalue weighted by molar-refractivity contribution is -0.137. The van der Waals surface area contributed by atoms with Gasteiger partial charge in [-0.1, -0.05) is 12.1 Å². The first-order chi connectivity index (χ1) is 12.1. The van der Waals surface area contributed by atoms with Gasteiger partial charge < -0.3 is 5.32 Å². The quantitative estimate of drug-likeness (QED) is 0.875. The van der Waals surface area contributed by atoms with Gasteiger partial charge in [-0.05, 0) is 25.5 Å². The Morgan fingerprint density at radius 1 is 1.31 bits per heavy atom. The molecule has 1 N–H and O–H groups in total. The van der Waals surface area contributed by atoms with Gasteiger partial charge in [0.15, 0.2) is 9.84 Å². The Bertz CT molecular complexity index is 951. The second-order valence-corrected chi connectivity index (χ2v) is 8.37. The molecule has 0 spiro atoms. The Hall–Kier alpha value is -2.36. The van der Waals surface area contributed by atoms with Crippen molar-refractivity contribution in [1.29, 1.82) is 0 Å². The third-order valence-electron chi connectivity index (χ3n) is 4.26. The summed E-state index contributed by atoms with van der Waals surface area (Å²) in [4.78, 5) is 12.4. The summed E-state index contributed by atoms with van der Waals surface area (Å²) >= 11 is 0. The van der Waals surface area contributed by atoms with Crippen LogP contribution in [0.25, 0.3) is 5.69 Å². The monoisotopic (exact) mass is 387 g/mol. The van der Waals surface area contributed by atoms with Crippen LogP contribution in [0, 0.1) is 6.92 Å². The summed E-state index contributed by atoms with van der Waals surface area (Å²) in [7, 11) is -3.15. The van der Waals surface area contributed by atoms with Gasteiger partial charge in [-0.25, -0.2) is 13.1 Å². The van der Waals surface area contributed by atoms with Crippen molar-refractivity contribution in [2.75, 3.05) is 11.5 Å². The Morgan fingerprint density at radius 3 is 2.62 bits per heavy atom. The normalized spacial score (nSPS) is 19.5. The Balaban J connectivity index is 1.89. The van der Waals surface area contributed by atoms with Crippen molar-refractivity contribution in [3.8, 4) is 5.69 Å². The molecule has 1 aromatic carbocycles. The number of para-hydroxylation sites is 1. The largest absolute Gasteiger partial charge is 0.418 e. The fourth-order valence-corrected chi connectivity index (χ4v) is 4.62. The van der Waals surface area contributed by atoms with Crippen molar-refractivity contribution in [1.82, 2.24) is 15.1 Å². The molecule has 2 aromatic rings. The molecule has 1 fully saturated rings. The summed E-state index contributed by atoms with van der Waals surface area (Å²) in [6.07, 6.45) is -3.06. The molecule has 0 radical (unpaired) electrons. The van der Waals surface area contributed by atoms with Gasteiger partial charge in [0.1, 0.15) is 0 Å². The van der Waals surface area contributed by atoms with Crippen LogP contribution in [0.1, 0.15) is 28.0 Å². The number of nitrogens with one attached hydrogen (secondary N) is 1. The second kappa shape index (κ2) is 6.42. The maximum absolute atomic E-state index is 13.2. The molecule has 10 heteroatoms. The van der Waals surface area contributed by atoms with E-state index >= 15 is 0 Å². The number of rotatable bonds is 3. The minimum absolute atomic E-state index is 0.00908. The highest BCUT2D eigenvalue weighted by molar-refractivity contribution is 7.91. The molecule has 0 aliphatic carbocycles. The summed E-state index contributed by atoms with van der Waals surface area (Å²) < 4.78 is 63.6. The summed E-state index contributed by atoms with van der Waals surface area (Å²) in [5.41, 5.74) is -0.702. The first-order valence-corrected chi connectivity index (χ1v) is 9.63. The van der Waals surface area contributed by atoms with Gasteiger partial charge in [0.25, 0.3) is 5.91 Å². The highest BCUT2D eigenvalue weighted by Gasteiger charge is 2.35. The van der Waals surface area contributed by atoms with Crippen molar-refractivity contribution in [2.45, 2.75) is 25.6 Å². The second-order valence-electron chi connectivity index (χ2n) is 6.14. The van der Waals surface area contributed by atoms with E-state index in [1.54, 1.807) is 0 Å². The number of halogens is 3. The zero-order valence-electron chi connectivity index (χ0n) is 13.7. The number of hydrogen-bond acceptors (Lipinski definition) is 4. The van der Waals surface area contributed by atoms with E-state index in [9.17, 15) is 26.4 Å². The van der Waals surface area contributed by atoms with Crippen LogP contribution in [0.2, 0.25) is 0 Å². The maximum atomic E-state index is 13.2. The minimum atomic E-state index is -4.56. The lowest BCUT2D eigenvalue weighted by atomic mass is 10.1. The molecule has 140 valence electrons. The molecule has 2 heterocycles. The SMILES string of the molecule is Cc1c(C(=O)N[C@H]2CCS(=O)(=O)C2)cnn1-c1ccccc1C(F)(F)F. The van der Waals surface area contributed by atoms with Crippen molar-refractivity contribution in [2.24, 2.45) is 0 Å². The Labute approximate surface area is 147 Å². The third kappa shape index (κ3) is 3.59. The molecule has 1 aliphatic heterocycles. The molecule has 0 saturated carbocycles. The van der Waals surface area contributed by atoms with Gasteiger partial charge in [0.2, 0.25) is 0 Å². The first kappa shape index (κ1) is 18.4. The van der Waals surface area contributed by atoms with Gasteiger partial charge in [0, 0.05) is 6.04 Å². The molecular weight excluding hydrogens is 371 g/mol. The van der Waals surface area contributed by atoms with E-state index in [0.29, 0.717) is 6.42 Å². The van der Waals surface area contributed by atoms with E-state index in [-0.39, 0.29) is 28.5 Å². The lowest BCUT2D eigenvalue weighted by Gasteiger charge is -2.14. The van der Waals surface area contributed by atoms with Crippen molar-refractivity contribution < 1.29 is 26.4 Å². The van der Waals surface area contributed by atoms with Crippen LogP contribution in [0.5, 0.6) is 0 Å². The fourth-order valence-electron chi connectivity index (χ4n) is 2.95. The number of benzene rings is 1. The number of aromatic nitrogens is 2. The zero-order valence-corrected chi connectivity index (χ0v) is 14.6. The number of alkyl halides is 3. The van der Waals surface area contributed by atoms with E-state index in [1.165, 1.54) is 31.3 Å². The molecule has 1 atom stereocenters. The van der Waals surface area contributed by atoms with E-state index < -0.39 is 33.5 Å². The summed E-state index contributed by atoms with van der Waals surface area (Å²) in [6, 6.07) is 4.44. The molecule has 1 saturated heterocycles. The molecule has 26 heavy (non-hydrogen) atoms. The molecule has 1 amide bonds. The van der Waals surface area contributed by atoms with Gasteiger partial charge in [-0.2, -0.15) is 18.3 Å². The number of nitrogens with zero attached hydrogens (tertiary/aromatic N) is 2. The molecule has 0 unspecified atom stereocenters. The highest BCUT2D eigenvalue weighted by atomic mass is 32.2. The Kier molecular flexibility index (Phi) is 4.55. The number of carbonyl (C=O) groups excluding carboxylic acids is 1. The third-order valence-corrected chi connectivity index (χ3v) is 6.03. The highest BCUT2D eigenvalue weighted by Crippen LogP contribution is 2.34. The van der Waals surface area contributed by atoms with E-state index in [4.69, 9.17) is 0 Å². The van der Waals surface area contributed by atoms with E-state index in [1.807, 2.05) is 0 Å². The number of sulfone groups is 1. The van der Waals surface area contributed by atoms with Crippen LogP contribution >= 0.6 is 0 Å². The maximum Gasteiger partial charge on any atom is 0.418 e. The first-order valence-electron chi connectivity index (χ1n) is 7.81. The average Bonchev–Trinajstić information content (AvgIpc) is 3.08. The van der Waals surface area contributed by atoms with E-state index in [0.717, 1.165) is 10.7 Å². The van der Waals surface area contributed by atoms with Crippen molar-refractivity contribution in [3.63, 3.8) is 0 Å². The molecule has 1 aliphatic rings. The summed E-state index contributed by atoms with van der Waals surface area (Å²) in [6.45, 7) is 1.49. The topological polar surface area (TPSA) is 81.1 Å². The van der Waals surface area contributed by atoms with Crippen LogP contribution in [0.15, 0.2) is 30.5 Å². The Morgan fingerprint density at radius 2 is 2.00 bits per heavy atom. The lowest BCUT2D eigenvalue weighted by Crippen LogP contribution is -2.35. The zero-order chi connectivity index (χ0) is 19.1. The van der Waals surface area contributed by atoms with Gasteiger partial charge in [0.05, 0.1) is 40.2 Å². The molecule has 3 rings (SSSR count). The summed E-state index contributed by atoms with van der Waals surface area (Å²) in [5.74, 6) is -0.682. The van der Waals surface area contributed by atoms with Gasteiger partial charge in [-0.3, -0.25) is 4.79 Å². The number of hydrogen-bond donors (Lipinski definition) is 1. The minimum Gasteiger partial charge on any atom is -0.348 e. The van der Waals surface area contributed by atoms with Crippen LogP contribution < -0.4 is 5.32 Å². The fraction of sp³-hybridized carbons (Fsp3) is 0.375. The molecule has 0 bridgehead atoms. The molecule has 1 aromatic heterocycles. The van der Waals surface area contributed by atoms with E-state index in [2.05, 4.69) is 10.4 Å². The predicted molar refractivity (Wildman–Crippen MR) is 87.8 cm³/mol. The average molecular weight is 387 g/mol.